The zero-order valence-electron chi connectivity index (χ0n) is 13.6. The lowest BCUT2D eigenvalue weighted by atomic mass is 9.79. The number of hydrogen-bond acceptors (Lipinski definition) is 4. The van der Waals surface area contributed by atoms with E-state index in [1.807, 2.05) is 6.07 Å². The maximum atomic E-state index is 5.63. The molecule has 0 spiro atoms. The van der Waals surface area contributed by atoms with Crippen LogP contribution < -0.4 is 19.5 Å². The van der Waals surface area contributed by atoms with Gasteiger partial charge in [-0.15, -0.1) is 0 Å². The van der Waals surface area contributed by atoms with Gasteiger partial charge in [-0.3, -0.25) is 0 Å². The molecule has 1 aromatic rings. The average molecular weight is 293 g/mol. The summed E-state index contributed by atoms with van der Waals surface area (Å²) >= 11 is 0. The first kappa shape index (κ1) is 16.0. The van der Waals surface area contributed by atoms with Gasteiger partial charge in [-0.05, 0) is 31.0 Å². The van der Waals surface area contributed by atoms with Crippen molar-refractivity contribution in [1.29, 1.82) is 0 Å². The Bertz CT molecular complexity index is 458. The lowest BCUT2D eigenvalue weighted by molar-refractivity contribution is 0.257. The summed E-state index contributed by atoms with van der Waals surface area (Å²) in [7, 11) is 4.98. The molecule has 0 aliphatic heterocycles. The van der Waals surface area contributed by atoms with Crippen molar-refractivity contribution in [2.24, 2.45) is 5.92 Å². The Balaban J connectivity index is 2.33. The van der Waals surface area contributed by atoms with E-state index in [-0.39, 0.29) is 0 Å². The molecule has 0 aromatic heterocycles. The summed E-state index contributed by atoms with van der Waals surface area (Å²) < 4.78 is 16.5. The molecule has 1 atom stereocenters. The number of nitrogens with one attached hydrogen (secondary N) is 1. The van der Waals surface area contributed by atoms with Gasteiger partial charge in [-0.25, -0.2) is 0 Å². The zero-order chi connectivity index (χ0) is 15.2. The first-order valence-electron chi connectivity index (χ1n) is 7.77. The fourth-order valence-corrected chi connectivity index (χ4v) is 3.03. The van der Waals surface area contributed by atoms with E-state index in [0.717, 1.165) is 30.2 Å². The van der Waals surface area contributed by atoms with E-state index in [0.29, 0.717) is 17.5 Å². The first-order valence-corrected chi connectivity index (χ1v) is 7.77. The number of methoxy groups -OCH3 is 3. The van der Waals surface area contributed by atoms with E-state index < -0.39 is 0 Å². The van der Waals surface area contributed by atoms with E-state index >= 15 is 0 Å². The third-order valence-corrected chi connectivity index (χ3v) is 4.35. The standard InChI is InChI=1S/C17H27NO3/c1-5-18-14(11-12-7-6-8-12)13-9-10-15(19-2)17(21-4)16(13)20-3/h9-10,12,14,18H,5-8,11H2,1-4H3. The lowest BCUT2D eigenvalue weighted by Gasteiger charge is -2.31. The quantitative estimate of drug-likeness (QED) is 0.795. The second-order valence-electron chi connectivity index (χ2n) is 5.57. The van der Waals surface area contributed by atoms with E-state index in [1.54, 1.807) is 21.3 Å². The molecule has 0 saturated heterocycles. The fourth-order valence-electron chi connectivity index (χ4n) is 3.03. The molecule has 4 nitrogen and oxygen atoms in total. The Morgan fingerprint density at radius 2 is 1.81 bits per heavy atom. The minimum absolute atomic E-state index is 0.301. The van der Waals surface area contributed by atoms with Crippen molar-refractivity contribution in [1.82, 2.24) is 5.32 Å². The fraction of sp³-hybridized carbons (Fsp3) is 0.647. The third-order valence-electron chi connectivity index (χ3n) is 4.35. The molecule has 118 valence electrons. The molecule has 1 aliphatic carbocycles. The summed E-state index contributed by atoms with van der Waals surface area (Å²) in [6.45, 7) is 3.08. The molecule has 4 heteroatoms. The van der Waals surface area contributed by atoms with Crippen molar-refractivity contribution in [3.05, 3.63) is 17.7 Å². The number of hydrogen-bond donors (Lipinski definition) is 1. The van der Waals surface area contributed by atoms with Crippen molar-refractivity contribution in [2.75, 3.05) is 27.9 Å². The molecule has 1 aliphatic rings. The maximum Gasteiger partial charge on any atom is 0.203 e. The highest BCUT2D eigenvalue weighted by Crippen LogP contribution is 2.44. The molecule has 1 unspecified atom stereocenters. The largest absolute Gasteiger partial charge is 0.493 e. The topological polar surface area (TPSA) is 39.7 Å². The molecule has 0 amide bonds. The molecule has 1 N–H and O–H groups in total. The van der Waals surface area contributed by atoms with Crippen molar-refractivity contribution >= 4 is 0 Å². The second kappa shape index (κ2) is 7.55. The Kier molecular flexibility index (Phi) is 5.74. The molecular formula is C17H27NO3. The predicted molar refractivity (Wildman–Crippen MR) is 84.5 cm³/mol. The highest BCUT2D eigenvalue weighted by Gasteiger charge is 2.26. The van der Waals surface area contributed by atoms with Crippen LogP contribution in [-0.2, 0) is 0 Å². The number of ether oxygens (including phenoxy) is 3. The van der Waals surface area contributed by atoms with Gasteiger partial charge in [0.25, 0.3) is 0 Å². The van der Waals surface area contributed by atoms with Crippen LogP contribution in [0.5, 0.6) is 17.2 Å². The van der Waals surface area contributed by atoms with Crippen LogP contribution in [0.3, 0.4) is 0 Å². The predicted octanol–water partition coefficient (Wildman–Crippen LogP) is 3.55. The third kappa shape index (κ3) is 3.43. The molecular weight excluding hydrogens is 266 g/mol. The van der Waals surface area contributed by atoms with Crippen LogP contribution in [0.25, 0.3) is 0 Å². The molecule has 21 heavy (non-hydrogen) atoms. The van der Waals surface area contributed by atoms with Crippen molar-refractivity contribution in [2.45, 2.75) is 38.6 Å². The van der Waals surface area contributed by atoms with Gasteiger partial charge in [0.1, 0.15) is 0 Å². The summed E-state index contributed by atoms with van der Waals surface area (Å²) in [4.78, 5) is 0. The zero-order valence-corrected chi connectivity index (χ0v) is 13.6. The molecule has 1 saturated carbocycles. The first-order chi connectivity index (χ1) is 10.2. The van der Waals surface area contributed by atoms with Crippen LogP contribution in [-0.4, -0.2) is 27.9 Å². The lowest BCUT2D eigenvalue weighted by Crippen LogP contribution is -2.26. The highest BCUT2D eigenvalue weighted by atomic mass is 16.5. The Labute approximate surface area is 127 Å². The van der Waals surface area contributed by atoms with Crippen LogP contribution in [0.15, 0.2) is 12.1 Å². The van der Waals surface area contributed by atoms with Crippen molar-refractivity contribution in [3.8, 4) is 17.2 Å². The van der Waals surface area contributed by atoms with Gasteiger partial charge in [-0.2, -0.15) is 0 Å². The van der Waals surface area contributed by atoms with Crippen LogP contribution in [0.1, 0.15) is 44.2 Å². The minimum atomic E-state index is 0.301. The Hall–Kier alpha value is -1.42. The highest BCUT2D eigenvalue weighted by molar-refractivity contribution is 5.56. The van der Waals surface area contributed by atoms with E-state index in [1.165, 1.54) is 19.3 Å². The summed E-state index contributed by atoms with van der Waals surface area (Å²) in [5.41, 5.74) is 1.16. The van der Waals surface area contributed by atoms with Crippen LogP contribution in [0, 0.1) is 5.92 Å². The second-order valence-corrected chi connectivity index (χ2v) is 5.57. The molecule has 1 fully saturated rings. The average Bonchev–Trinajstić information content (AvgIpc) is 2.47. The monoisotopic (exact) mass is 293 g/mol. The van der Waals surface area contributed by atoms with Gasteiger partial charge in [0.2, 0.25) is 5.75 Å². The van der Waals surface area contributed by atoms with Gasteiger partial charge in [0.15, 0.2) is 11.5 Å². The van der Waals surface area contributed by atoms with Crippen LogP contribution in [0.2, 0.25) is 0 Å². The van der Waals surface area contributed by atoms with Gasteiger partial charge < -0.3 is 19.5 Å². The van der Waals surface area contributed by atoms with Crippen LogP contribution in [0.4, 0.5) is 0 Å². The minimum Gasteiger partial charge on any atom is -0.493 e. The smallest absolute Gasteiger partial charge is 0.203 e. The summed E-state index contributed by atoms with van der Waals surface area (Å²) in [5, 5.41) is 3.59. The maximum absolute atomic E-state index is 5.63. The normalized spacial score (nSPS) is 16.2. The molecule has 1 aromatic carbocycles. The summed E-state index contributed by atoms with van der Waals surface area (Å²) in [5.74, 6) is 2.99. The van der Waals surface area contributed by atoms with E-state index in [9.17, 15) is 0 Å². The Morgan fingerprint density at radius 3 is 2.29 bits per heavy atom. The molecule has 0 heterocycles. The van der Waals surface area contributed by atoms with E-state index in [2.05, 4.69) is 18.3 Å². The molecule has 2 rings (SSSR count). The van der Waals surface area contributed by atoms with Crippen molar-refractivity contribution < 1.29 is 14.2 Å². The van der Waals surface area contributed by atoms with Gasteiger partial charge in [-0.1, -0.05) is 26.2 Å². The van der Waals surface area contributed by atoms with Crippen LogP contribution >= 0.6 is 0 Å². The van der Waals surface area contributed by atoms with Gasteiger partial charge >= 0.3 is 0 Å². The number of rotatable bonds is 8. The molecule has 0 bridgehead atoms. The summed E-state index contributed by atoms with van der Waals surface area (Å²) in [6, 6.07) is 4.35. The van der Waals surface area contributed by atoms with Gasteiger partial charge in [0.05, 0.1) is 21.3 Å². The number of benzene rings is 1. The summed E-state index contributed by atoms with van der Waals surface area (Å²) in [6.07, 6.45) is 5.21. The van der Waals surface area contributed by atoms with Crippen molar-refractivity contribution in [3.63, 3.8) is 0 Å². The SMILES string of the molecule is CCNC(CC1CCC1)c1ccc(OC)c(OC)c1OC. The Morgan fingerprint density at radius 1 is 1.10 bits per heavy atom. The van der Waals surface area contributed by atoms with Gasteiger partial charge in [0, 0.05) is 11.6 Å². The van der Waals surface area contributed by atoms with E-state index in [4.69, 9.17) is 14.2 Å². The molecule has 0 radical (unpaired) electrons.